The maximum atomic E-state index is 10.1. The monoisotopic (exact) mass is 281 g/mol. The molecule has 1 aliphatic rings. The molecular formula is C13H23N5O2. The molecule has 0 amide bonds. The first kappa shape index (κ1) is 14.8. The molecule has 7 heteroatoms. The Kier molecular flexibility index (Phi) is 4.94. The minimum absolute atomic E-state index is 0.296. The number of anilines is 2. The number of nitrogens with one attached hydrogen (secondary N) is 2. The summed E-state index contributed by atoms with van der Waals surface area (Å²) in [5.41, 5.74) is -0.616. The molecule has 1 aromatic rings. The molecule has 7 nitrogen and oxygen atoms in total. The van der Waals surface area contributed by atoms with Gasteiger partial charge < -0.3 is 20.5 Å². The highest BCUT2D eigenvalue weighted by atomic mass is 16.5. The van der Waals surface area contributed by atoms with E-state index in [0.29, 0.717) is 31.1 Å². The van der Waals surface area contributed by atoms with E-state index in [2.05, 4.69) is 32.5 Å². The van der Waals surface area contributed by atoms with Crippen molar-refractivity contribution in [2.45, 2.75) is 45.1 Å². The van der Waals surface area contributed by atoms with Gasteiger partial charge in [0.05, 0.1) is 12.2 Å². The number of hydrogen-bond acceptors (Lipinski definition) is 7. The van der Waals surface area contributed by atoms with Crippen LogP contribution in [0.4, 0.5) is 11.9 Å². The van der Waals surface area contributed by atoms with Gasteiger partial charge in [0.25, 0.3) is 0 Å². The number of aliphatic hydroxyl groups is 1. The van der Waals surface area contributed by atoms with Crippen LogP contribution in [0.15, 0.2) is 0 Å². The summed E-state index contributed by atoms with van der Waals surface area (Å²) in [6, 6.07) is 0.296. The summed E-state index contributed by atoms with van der Waals surface area (Å²) >= 11 is 0. The van der Waals surface area contributed by atoms with Crippen LogP contribution in [0, 0.1) is 0 Å². The van der Waals surface area contributed by atoms with Crippen molar-refractivity contribution >= 4 is 11.9 Å². The van der Waals surface area contributed by atoms with Crippen molar-refractivity contribution in [1.29, 1.82) is 0 Å². The molecule has 1 aromatic heterocycles. The van der Waals surface area contributed by atoms with Gasteiger partial charge in [-0.1, -0.05) is 6.92 Å². The number of rotatable bonds is 8. The zero-order valence-corrected chi connectivity index (χ0v) is 12.1. The zero-order chi connectivity index (χ0) is 14.4. The summed E-state index contributed by atoms with van der Waals surface area (Å²) in [7, 11) is 0. The normalized spacial score (nSPS) is 16.4. The average molecular weight is 281 g/mol. The van der Waals surface area contributed by atoms with Gasteiger partial charge in [0.15, 0.2) is 0 Å². The molecule has 1 fully saturated rings. The van der Waals surface area contributed by atoms with Crippen molar-refractivity contribution in [3.8, 4) is 6.01 Å². The molecule has 112 valence electrons. The molecule has 3 N–H and O–H groups in total. The molecule has 20 heavy (non-hydrogen) atoms. The van der Waals surface area contributed by atoms with Crippen molar-refractivity contribution < 1.29 is 9.84 Å². The van der Waals surface area contributed by atoms with E-state index in [4.69, 9.17) is 4.74 Å². The standard InChI is InChI=1S/C13H23N5O2/c1-3-8-14-10-16-11(18-12(17-10)20-4-2)15-9-13(19)6-5-7-13/h19H,3-9H2,1-2H3,(H2,14,15,16,17,18). The van der Waals surface area contributed by atoms with Gasteiger partial charge in [-0.25, -0.2) is 0 Å². The number of ether oxygens (including phenoxy) is 1. The summed E-state index contributed by atoms with van der Waals surface area (Å²) in [6.07, 6.45) is 3.70. The summed E-state index contributed by atoms with van der Waals surface area (Å²) in [6.45, 7) is 5.70. The highest BCUT2D eigenvalue weighted by Gasteiger charge is 2.34. The van der Waals surface area contributed by atoms with Gasteiger partial charge in [0.2, 0.25) is 11.9 Å². The van der Waals surface area contributed by atoms with E-state index in [9.17, 15) is 5.11 Å². The fourth-order valence-electron chi connectivity index (χ4n) is 1.95. The topological polar surface area (TPSA) is 92.2 Å². The predicted octanol–water partition coefficient (Wildman–Crippen LogP) is 1.42. The van der Waals surface area contributed by atoms with Crippen LogP contribution in [0.1, 0.15) is 39.5 Å². The van der Waals surface area contributed by atoms with Gasteiger partial charge in [0.1, 0.15) is 0 Å². The van der Waals surface area contributed by atoms with Crippen LogP contribution in [0.2, 0.25) is 0 Å². The lowest BCUT2D eigenvalue weighted by Crippen LogP contribution is -2.43. The predicted molar refractivity (Wildman–Crippen MR) is 77.1 cm³/mol. The molecule has 0 aromatic carbocycles. The molecular weight excluding hydrogens is 258 g/mol. The van der Waals surface area contributed by atoms with Crippen LogP contribution >= 0.6 is 0 Å². The Hall–Kier alpha value is -1.63. The highest BCUT2D eigenvalue weighted by molar-refractivity contribution is 5.36. The molecule has 0 atom stereocenters. The fraction of sp³-hybridized carbons (Fsp3) is 0.769. The lowest BCUT2D eigenvalue weighted by atomic mass is 9.80. The Labute approximate surface area is 119 Å². The molecule has 0 bridgehead atoms. The largest absolute Gasteiger partial charge is 0.464 e. The van der Waals surface area contributed by atoms with E-state index in [1.807, 2.05) is 6.92 Å². The molecule has 2 rings (SSSR count). The second-order valence-corrected chi connectivity index (χ2v) is 5.06. The maximum absolute atomic E-state index is 10.1. The number of hydrogen-bond donors (Lipinski definition) is 3. The van der Waals surface area contributed by atoms with E-state index in [0.717, 1.165) is 32.2 Å². The third-order valence-corrected chi connectivity index (χ3v) is 3.28. The Morgan fingerprint density at radius 1 is 1.15 bits per heavy atom. The van der Waals surface area contributed by atoms with Crippen LogP contribution < -0.4 is 15.4 Å². The Bertz CT molecular complexity index is 437. The summed E-state index contributed by atoms with van der Waals surface area (Å²) < 4.78 is 5.33. The molecule has 0 spiro atoms. The smallest absolute Gasteiger partial charge is 0.323 e. The summed E-state index contributed by atoms with van der Waals surface area (Å²) in [5.74, 6) is 0.927. The van der Waals surface area contributed by atoms with E-state index >= 15 is 0 Å². The minimum atomic E-state index is -0.616. The SMILES string of the molecule is CCCNc1nc(NCC2(O)CCC2)nc(OCC)n1. The Balaban J connectivity index is 2.02. The second-order valence-electron chi connectivity index (χ2n) is 5.06. The molecule has 1 saturated carbocycles. The van der Waals surface area contributed by atoms with Gasteiger partial charge in [-0.2, -0.15) is 15.0 Å². The van der Waals surface area contributed by atoms with Gasteiger partial charge in [-0.3, -0.25) is 0 Å². The highest BCUT2D eigenvalue weighted by Crippen LogP contribution is 2.31. The van der Waals surface area contributed by atoms with Crippen molar-refractivity contribution in [1.82, 2.24) is 15.0 Å². The van der Waals surface area contributed by atoms with E-state index in [-0.39, 0.29) is 0 Å². The van der Waals surface area contributed by atoms with E-state index in [1.165, 1.54) is 0 Å². The first-order valence-electron chi connectivity index (χ1n) is 7.24. The molecule has 1 aliphatic carbocycles. The van der Waals surface area contributed by atoms with Gasteiger partial charge in [0, 0.05) is 13.1 Å². The van der Waals surface area contributed by atoms with Gasteiger partial charge in [-0.15, -0.1) is 0 Å². The molecule has 0 saturated heterocycles. The van der Waals surface area contributed by atoms with Crippen LogP contribution in [0.25, 0.3) is 0 Å². The quantitative estimate of drug-likeness (QED) is 0.663. The van der Waals surface area contributed by atoms with E-state index in [1.54, 1.807) is 0 Å². The van der Waals surface area contributed by atoms with Crippen LogP contribution in [-0.2, 0) is 0 Å². The molecule has 0 aliphatic heterocycles. The van der Waals surface area contributed by atoms with Crippen molar-refractivity contribution in [2.24, 2.45) is 0 Å². The molecule has 1 heterocycles. The first-order valence-corrected chi connectivity index (χ1v) is 7.24. The van der Waals surface area contributed by atoms with Crippen molar-refractivity contribution in [3.05, 3.63) is 0 Å². The minimum Gasteiger partial charge on any atom is -0.464 e. The molecule has 0 unspecified atom stereocenters. The lowest BCUT2D eigenvalue weighted by Gasteiger charge is -2.36. The summed E-state index contributed by atoms with van der Waals surface area (Å²) in [4.78, 5) is 12.6. The third-order valence-electron chi connectivity index (χ3n) is 3.28. The van der Waals surface area contributed by atoms with E-state index < -0.39 is 5.60 Å². The third kappa shape index (κ3) is 3.93. The second kappa shape index (κ2) is 6.69. The zero-order valence-electron chi connectivity index (χ0n) is 12.1. The number of nitrogens with zero attached hydrogens (tertiary/aromatic N) is 3. The first-order chi connectivity index (χ1) is 9.65. The van der Waals surface area contributed by atoms with Crippen molar-refractivity contribution in [3.63, 3.8) is 0 Å². The van der Waals surface area contributed by atoms with Crippen LogP contribution in [0.5, 0.6) is 6.01 Å². The van der Waals surface area contributed by atoms with Crippen molar-refractivity contribution in [2.75, 3.05) is 30.3 Å². The maximum Gasteiger partial charge on any atom is 0.323 e. The Morgan fingerprint density at radius 2 is 1.85 bits per heavy atom. The number of aromatic nitrogens is 3. The molecule has 0 radical (unpaired) electrons. The van der Waals surface area contributed by atoms with Gasteiger partial charge >= 0.3 is 6.01 Å². The average Bonchev–Trinajstić information content (AvgIpc) is 2.41. The van der Waals surface area contributed by atoms with Crippen LogP contribution in [-0.4, -0.2) is 45.4 Å². The fourth-order valence-corrected chi connectivity index (χ4v) is 1.95. The van der Waals surface area contributed by atoms with Gasteiger partial charge in [-0.05, 0) is 32.6 Å². The lowest BCUT2D eigenvalue weighted by molar-refractivity contribution is -0.0203. The summed E-state index contributed by atoms with van der Waals surface area (Å²) in [5, 5.41) is 16.3. The Morgan fingerprint density at radius 3 is 2.40 bits per heavy atom. The van der Waals surface area contributed by atoms with Crippen LogP contribution in [0.3, 0.4) is 0 Å².